The van der Waals surface area contributed by atoms with Crippen molar-refractivity contribution < 1.29 is 19.2 Å². The molecule has 2 aromatic rings. The predicted octanol–water partition coefficient (Wildman–Crippen LogP) is 1.96. The van der Waals surface area contributed by atoms with E-state index in [-0.39, 0.29) is 28.9 Å². The molecule has 0 saturated carbocycles. The van der Waals surface area contributed by atoms with Crippen LogP contribution in [0.1, 0.15) is 6.92 Å². The number of nitro benzene ring substituents is 1. The van der Waals surface area contributed by atoms with Crippen molar-refractivity contribution in [2.45, 2.75) is 6.92 Å². The van der Waals surface area contributed by atoms with Crippen LogP contribution in [0.15, 0.2) is 18.3 Å². The Balaban J connectivity index is 2.67. The van der Waals surface area contributed by atoms with Crippen LogP contribution in [-0.4, -0.2) is 34.5 Å². The molecule has 0 bridgehead atoms. The summed E-state index contributed by atoms with van der Waals surface area (Å²) >= 11 is 0. The molecule has 0 aliphatic rings. The first-order valence-corrected chi connectivity index (χ1v) is 5.45. The van der Waals surface area contributed by atoms with Crippen LogP contribution in [0.4, 0.5) is 10.5 Å². The molecule has 0 aliphatic carbocycles. The van der Waals surface area contributed by atoms with Gasteiger partial charge in [-0.25, -0.2) is 4.79 Å². The molecule has 0 radical (unpaired) electrons. The summed E-state index contributed by atoms with van der Waals surface area (Å²) in [5.41, 5.74) is 0.0920. The molecule has 0 saturated heterocycles. The number of rotatable bonds is 3. The lowest BCUT2D eigenvalue weighted by Crippen LogP contribution is -2.14. The quantitative estimate of drug-likeness (QED) is 0.621. The second kappa shape index (κ2) is 4.92. The number of nitro groups is 1. The molecule has 0 amide bonds. The highest BCUT2D eigenvalue weighted by molar-refractivity contribution is 5.94. The first-order chi connectivity index (χ1) is 9.08. The Bertz CT molecular complexity index is 649. The molecule has 0 aliphatic heterocycles. The largest absolute Gasteiger partial charge is 0.496 e. The van der Waals surface area contributed by atoms with Gasteiger partial charge in [-0.15, -0.1) is 0 Å². The Morgan fingerprint density at radius 1 is 1.53 bits per heavy atom. The Labute approximate surface area is 107 Å². The molecule has 1 aromatic heterocycles. The third-order valence-corrected chi connectivity index (χ3v) is 2.51. The molecular weight excluding hydrogens is 254 g/mol. The zero-order valence-electron chi connectivity index (χ0n) is 10.3. The summed E-state index contributed by atoms with van der Waals surface area (Å²) in [6, 6.07) is 2.77. The van der Waals surface area contributed by atoms with E-state index < -0.39 is 11.0 Å². The molecule has 0 spiro atoms. The maximum Gasteiger partial charge on any atom is 0.435 e. The monoisotopic (exact) mass is 265 g/mol. The van der Waals surface area contributed by atoms with Crippen LogP contribution in [0, 0.1) is 10.1 Å². The number of carbonyl (C=O) groups is 1. The highest BCUT2D eigenvalue weighted by Gasteiger charge is 2.20. The van der Waals surface area contributed by atoms with Crippen molar-refractivity contribution in [1.82, 2.24) is 9.78 Å². The number of ether oxygens (including phenoxy) is 2. The van der Waals surface area contributed by atoms with Crippen molar-refractivity contribution in [3.05, 3.63) is 28.4 Å². The van der Waals surface area contributed by atoms with Gasteiger partial charge in [-0.2, -0.15) is 9.78 Å². The summed E-state index contributed by atoms with van der Waals surface area (Å²) < 4.78 is 10.8. The van der Waals surface area contributed by atoms with Crippen molar-refractivity contribution >= 4 is 22.7 Å². The molecule has 1 heterocycles. The third kappa shape index (κ3) is 2.19. The fraction of sp³-hybridized carbons (Fsp3) is 0.273. The van der Waals surface area contributed by atoms with Gasteiger partial charge in [0, 0.05) is 6.07 Å². The van der Waals surface area contributed by atoms with Crippen LogP contribution in [0.5, 0.6) is 5.75 Å². The highest BCUT2D eigenvalue weighted by Crippen LogP contribution is 2.30. The third-order valence-electron chi connectivity index (χ3n) is 2.51. The molecular formula is C11H11N3O5. The minimum Gasteiger partial charge on any atom is -0.496 e. The van der Waals surface area contributed by atoms with Gasteiger partial charge in [0.25, 0.3) is 5.69 Å². The smallest absolute Gasteiger partial charge is 0.435 e. The lowest BCUT2D eigenvalue weighted by molar-refractivity contribution is -0.383. The SMILES string of the molecule is CCOC(=O)n1ncc2c([N+](=O)[O-])cc(OC)cc21. The van der Waals surface area contributed by atoms with Gasteiger partial charge >= 0.3 is 6.09 Å². The van der Waals surface area contributed by atoms with Gasteiger partial charge in [0.1, 0.15) is 5.75 Å². The fourth-order valence-electron chi connectivity index (χ4n) is 1.68. The predicted molar refractivity (Wildman–Crippen MR) is 65.4 cm³/mol. The van der Waals surface area contributed by atoms with E-state index in [0.717, 1.165) is 4.68 Å². The van der Waals surface area contributed by atoms with E-state index in [2.05, 4.69) is 5.10 Å². The molecule has 0 fully saturated rings. The molecule has 8 nitrogen and oxygen atoms in total. The number of nitrogens with zero attached hydrogens (tertiary/aromatic N) is 3. The molecule has 100 valence electrons. The summed E-state index contributed by atoms with van der Waals surface area (Å²) in [6.07, 6.45) is 0.559. The van der Waals surface area contributed by atoms with Crippen LogP contribution in [0.3, 0.4) is 0 Å². The van der Waals surface area contributed by atoms with E-state index in [1.165, 1.54) is 25.4 Å². The molecule has 1 aromatic carbocycles. The fourth-order valence-corrected chi connectivity index (χ4v) is 1.68. The number of non-ortho nitro benzene ring substituents is 1. The Morgan fingerprint density at radius 2 is 2.26 bits per heavy atom. The summed E-state index contributed by atoms with van der Waals surface area (Å²) in [5.74, 6) is 0.269. The standard InChI is InChI=1S/C11H11N3O5/c1-3-19-11(15)13-9-4-7(18-2)5-10(14(16)17)8(9)6-12-13/h4-6H,3H2,1-2H3. The molecule has 0 unspecified atom stereocenters. The number of aromatic nitrogens is 2. The van der Waals surface area contributed by atoms with Crippen molar-refractivity contribution in [2.24, 2.45) is 0 Å². The molecule has 0 N–H and O–H groups in total. The average molecular weight is 265 g/mol. The first-order valence-electron chi connectivity index (χ1n) is 5.45. The number of hydrogen-bond donors (Lipinski definition) is 0. The maximum atomic E-state index is 11.7. The van der Waals surface area contributed by atoms with Gasteiger partial charge in [0.05, 0.1) is 41.8 Å². The number of fused-ring (bicyclic) bond motifs is 1. The van der Waals surface area contributed by atoms with E-state index in [4.69, 9.17) is 9.47 Å². The minimum absolute atomic E-state index is 0.176. The molecule has 2 rings (SSSR count). The summed E-state index contributed by atoms with van der Waals surface area (Å²) in [7, 11) is 1.38. The topological polar surface area (TPSA) is 96.5 Å². The Kier molecular flexibility index (Phi) is 3.32. The number of carbonyl (C=O) groups excluding carboxylic acids is 1. The first kappa shape index (κ1) is 12.8. The van der Waals surface area contributed by atoms with Gasteiger partial charge in [0.15, 0.2) is 0 Å². The van der Waals surface area contributed by atoms with Gasteiger partial charge in [-0.3, -0.25) is 10.1 Å². The second-order valence-corrected chi connectivity index (χ2v) is 3.59. The Hall–Kier alpha value is -2.64. The van der Waals surface area contributed by atoms with Crippen molar-refractivity contribution in [3.63, 3.8) is 0 Å². The van der Waals surface area contributed by atoms with Crippen LogP contribution >= 0.6 is 0 Å². The van der Waals surface area contributed by atoms with Crippen molar-refractivity contribution in [3.8, 4) is 5.75 Å². The minimum atomic E-state index is -0.694. The summed E-state index contributed by atoms with van der Waals surface area (Å²) in [6.45, 7) is 1.85. The summed E-state index contributed by atoms with van der Waals surface area (Å²) in [4.78, 5) is 22.1. The molecule has 0 atom stereocenters. The maximum absolute atomic E-state index is 11.7. The average Bonchev–Trinajstić information content (AvgIpc) is 2.81. The zero-order valence-corrected chi connectivity index (χ0v) is 10.3. The lowest BCUT2D eigenvalue weighted by Gasteiger charge is -2.04. The van der Waals surface area contributed by atoms with Crippen LogP contribution in [-0.2, 0) is 4.74 Å². The van der Waals surface area contributed by atoms with E-state index in [0.29, 0.717) is 0 Å². The van der Waals surface area contributed by atoms with Gasteiger partial charge in [0.2, 0.25) is 0 Å². The number of benzene rings is 1. The van der Waals surface area contributed by atoms with Crippen LogP contribution in [0.25, 0.3) is 10.9 Å². The normalized spacial score (nSPS) is 10.4. The van der Waals surface area contributed by atoms with Gasteiger partial charge < -0.3 is 9.47 Å². The molecule has 8 heteroatoms. The van der Waals surface area contributed by atoms with Gasteiger partial charge in [-0.1, -0.05) is 0 Å². The number of hydrogen-bond acceptors (Lipinski definition) is 6. The van der Waals surface area contributed by atoms with E-state index in [1.54, 1.807) is 6.92 Å². The Morgan fingerprint density at radius 3 is 2.84 bits per heavy atom. The second-order valence-electron chi connectivity index (χ2n) is 3.59. The number of methoxy groups -OCH3 is 1. The highest BCUT2D eigenvalue weighted by atomic mass is 16.6. The van der Waals surface area contributed by atoms with Crippen molar-refractivity contribution in [1.29, 1.82) is 0 Å². The van der Waals surface area contributed by atoms with Gasteiger partial charge in [-0.05, 0) is 6.92 Å². The zero-order chi connectivity index (χ0) is 14.0. The van der Waals surface area contributed by atoms with E-state index in [9.17, 15) is 14.9 Å². The van der Waals surface area contributed by atoms with E-state index in [1.807, 2.05) is 0 Å². The van der Waals surface area contributed by atoms with Crippen LogP contribution in [0.2, 0.25) is 0 Å². The van der Waals surface area contributed by atoms with E-state index >= 15 is 0 Å². The lowest BCUT2D eigenvalue weighted by atomic mass is 10.2. The summed E-state index contributed by atoms with van der Waals surface area (Å²) in [5, 5.41) is 15.0. The molecule has 19 heavy (non-hydrogen) atoms. The van der Waals surface area contributed by atoms with Crippen molar-refractivity contribution in [2.75, 3.05) is 13.7 Å². The van der Waals surface area contributed by atoms with Crippen LogP contribution < -0.4 is 4.74 Å².